The number of carbonyl (C=O) groups is 1. The van der Waals surface area contributed by atoms with Gasteiger partial charge in [0.15, 0.2) is 16.8 Å². The number of aliphatic imine (C=N–C) groups is 1. The van der Waals surface area contributed by atoms with Gasteiger partial charge < -0.3 is 5.32 Å². The molecule has 0 atom stereocenters. The molecular weight excluding hydrogens is 330 g/mol. The second-order valence-corrected chi connectivity index (χ2v) is 6.40. The Morgan fingerprint density at radius 2 is 1.75 bits per heavy atom. The van der Waals surface area contributed by atoms with Crippen LogP contribution in [-0.4, -0.2) is 11.1 Å². The molecule has 0 saturated carbocycles. The lowest BCUT2D eigenvalue weighted by Gasteiger charge is -2.04. The summed E-state index contributed by atoms with van der Waals surface area (Å²) in [6, 6.07) is 9.66. The third-order valence-electron chi connectivity index (χ3n) is 3.57. The van der Waals surface area contributed by atoms with Gasteiger partial charge in [-0.05, 0) is 48.9 Å². The zero-order valence-electron chi connectivity index (χ0n) is 13.1. The molecule has 0 radical (unpaired) electrons. The Bertz CT molecular complexity index is 870. The van der Waals surface area contributed by atoms with Crippen molar-refractivity contribution in [3.8, 4) is 0 Å². The van der Waals surface area contributed by atoms with Crippen LogP contribution in [0.3, 0.4) is 0 Å². The molecule has 1 aliphatic rings. The molecule has 1 aliphatic heterocycles. The van der Waals surface area contributed by atoms with Crippen molar-refractivity contribution in [1.29, 1.82) is 0 Å². The SMILES string of the molecule is Cc1cccc(C)c1N=C1NC(=O)/C(=C/c2cccc(F)c2F)S1. The van der Waals surface area contributed by atoms with Crippen LogP contribution in [0.4, 0.5) is 14.5 Å². The van der Waals surface area contributed by atoms with E-state index >= 15 is 0 Å². The normalized spacial score (nSPS) is 17.6. The zero-order chi connectivity index (χ0) is 17.3. The quantitative estimate of drug-likeness (QED) is 0.817. The van der Waals surface area contributed by atoms with E-state index in [4.69, 9.17) is 0 Å². The van der Waals surface area contributed by atoms with Gasteiger partial charge in [0.2, 0.25) is 0 Å². The van der Waals surface area contributed by atoms with Crippen LogP contribution in [0.25, 0.3) is 6.08 Å². The van der Waals surface area contributed by atoms with Crippen LogP contribution in [0.2, 0.25) is 0 Å². The minimum Gasteiger partial charge on any atom is -0.300 e. The van der Waals surface area contributed by atoms with E-state index in [-0.39, 0.29) is 16.4 Å². The molecular formula is C18H14F2N2OS. The smallest absolute Gasteiger partial charge is 0.264 e. The monoisotopic (exact) mass is 344 g/mol. The number of nitrogens with zero attached hydrogens (tertiary/aromatic N) is 1. The first-order chi connectivity index (χ1) is 11.5. The van der Waals surface area contributed by atoms with Gasteiger partial charge in [0.05, 0.1) is 10.6 Å². The number of thioether (sulfide) groups is 1. The van der Waals surface area contributed by atoms with Crippen molar-refractivity contribution >= 4 is 34.6 Å². The highest BCUT2D eigenvalue weighted by atomic mass is 32.2. The summed E-state index contributed by atoms with van der Waals surface area (Å²) >= 11 is 1.10. The number of benzene rings is 2. The number of hydrogen-bond donors (Lipinski definition) is 1. The highest BCUT2D eigenvalue weighted by molar-refractivity contribution is 8.18. The molecule has 2 aromatic rings. The predicted molar refractivity (Wildman–Crippen MR) is 93.1 cm³/mol. The average Bonchev–Trinajstić information content (AvgIpc) is 2.88. The predicted octanol–water partition coefficient (Wildman–Crippen LogP) is 4.47. The van der Waals surface area contributed by atoms with Gasteiger partial charge in [0, 0.05) is 5.56 Å². The van der Waals surface area contributed by atoms with Gasteiger partial charge in [-0.15, -0.1) is 0 Å². The zero-order valence-corrected chi connectivity index (χ0v) is 13.9. The van der Waals surface area contributed by atoms with Gasteiger partial charge in [0.1, 0.15) is 0 Å². The second-order valence-electron chi connectivity index (χ2n) is 5.37. The molecule has 3 nitrogen and oxygen atoms in total. The van der Waals surface area contributed by atoms with Crippen LogP contribution in [0.15, 0.2) is 46.3 Å². The number of carbonyl (C=O) groups excluding carboxylic acids is 1. The van der Waals surface area contributed by atoms with E-state index in [2.05, 4.69) is 10.3 Å². The molecule has 3 rings (SSSR count). The van der Waals surface area contributed by atoms with Crippen molar-refractivity contribution in [1.82, 2.24) is 5.32 Å². The second kappa shape index (κ2) is 6.57. The summed E-state index contributed by atoms with van der Waals surface area (Å²) in [6.07, 6.45) is 1.33. The molecule has 2 aromatic carbocycles. The van der Waals surface area contributed by atoms with Crippen LogP contribution in [0, 0.1) is 25.5 Å². The van der Waals surface area contributed by atoms with E-state index in [0.717, 1.165) is 34.6 Å². The number of amidine groups is 1. The summed E-state index contributed by atoms with van der Waals surface area (Å²) in [4.78, 5) is 16.8. The van der Waals surface area contributed by atoms with Crippen LogP contribution in [-0.2, 0) is 4.79 Å². The molecule has 1 amide bonds. The minimum atomic E-state index is -0.974. The summed E-state index contributed by atoms with van der Waals surface area (Å²) in [5.74, 6) is -2.30. The molecule has 6 heteroatoms. The van der Waals surface area contributed by atoms with Crippen LogP contribution < -0.4 is 5.32 Å². The van der Waals surface area contributed by atoms with E-state index in [1.807, 2.05) is 32.0 Å². The van der Waals surface area contributed by atoms with E-state index in [1.54, 1.807) is 0 Å². The molecule has 122 valence electrons. The van der Waals surface area contributed by atoms with E-state index in [0.29, 0.717) is 5.17 Å². The largest absolute Gasteiger partial charge is 0.300 e. The Hall–Kier alpha value is -2.47. The highest BCUT2D eigenvalue weighted by Crippen LogP contribution is 2.31. The Balaban J connectivity index is 1.93. The van der Waals surface area contributed by atoms with Crippen molar-refractivity contribution in [2.75, 3.05) is 0 Å². The maximum Gasteiger partial charge on any atom is 0.264 e. The fraction of sp³-hybridized carbons (Fsp3) is 0.111. The molecule has 0 aliphatic carbocycles. The number of rotatable bonds is 2. The first-order valence-corrected chi connectivity index (χ1v) is 8.07. The molecule has 24 heavy (non-hydrogen) atoms. The third kappa shape index (κ3) is 3.23. The lowest BCUT2D eigenvalue weighted by atomic mass is 10.1. The van der Waals surface area contributed by atoms with E-state index < -0.39 is 11.6 Å². The number of hydrogen-bond acceptors (Lipinski definition) is 3. The summed E-state index contributed by atoms with van der Waals surface area (Å²) < 4.78 is 27.0. The lowest BCUT2D eigenvalue weighted by Crippen LogP contribution is -2.19. The van der Waals surface area contributed by atoms with Crippen LogP contribution in [0.1, 0.15) is 16.7 Å². The molecule has 0 unspecified atom stereocenters. The number of nitrogens with one attached hydrogen (secondary N) is 1. The summed E-state index contributed by atoms with van der Waals surface area (Å²) in [7, 11) is 0. The Kier molecular flexibility index (Phi) is 4.49. The Labute approximate surface area is 142 Å². The van der Waals surface area contributed by atoms with Gasteiger partial charge in [-0.2, -0.15) is 0 Å². The Morgan fingerprint density at radius 3 is 2.46 bits per heavy atom. The molecule has 1 saturated heterocycles. The molecule has 1 fully saturated rings. The maximum atomic E-state index is 13.7. The molecule has 1 heterocycles. The first-order valence-electron chi connectivity index (χ1n) is 7.25. The van der Waals surface area contributed by atoms with E-state index in [1.165, 1.54) is 18.2 Å². The maximum absolute atomic E-state index is 13.7. The number of aryl methyl sites for hydroxylation is 2. The van der Waals surface area contributed by atoms with Crippen molar-refractivity contribution in [2.45, 2.75) is 13.8 Å². The standard InChI is InChI=1S/C18H14F2N2OS/c1-10-5-3-6-11(2)16(10)21-18-22-17(23)14(24-18)9-12-7-4-8-13(19)15(12)20/h3-9H,1-2H3,(H,21,22,23)/b14-9-. The molecule has 0 spiro atoms. The highest BCUT2D eigenvalue weighted by Gasteiger charge is 2.24. The average molecular weight is 344 g/mol. The topological polar surface area (TPSA) is 41.5 Å². The lowest BCUT2D eigenvalue weighted by molar-refractivity contribution is -0.115. The molecule has 0 aromatic heterocycles. The van der Waals surface area contributed by atoms with Crippen molar-refractivity contribution in [3.63, 3.8) is 0 Å². The fourth-order valence-electron chi connectivity index (χ4n) is 2.34. The summed E-state index contributed by atoms with van der Waals surface area (Å²) in [5.41, 5.74) is 2.80. The van der Waals surface area contributed by atoms with Gasteiger partial charge in [-0.3, -0.25) is 4.79 Å². The van der Waals surface area contributed by atoms with Crippen LogP contribution in [0.5, 0.6) is 0 Å². The molecule has 1 N–H and O–H groups in total. The first kappa shape index (κ1) is 16.4. The minimum absolute atomic E-state index is 0.0287. The van der Waals surface area contributed by atoms with Gasteiger partial charge in [-0.1, -0.05) is 30.3 Å². The number of halogens is 2. The fourth-order valence-corrected chi connectivity index (χ4v) is 3.16. The van der Waals surface area contributed by atoms with Crippen LogP contribution >= 0.6 is 11.8 Å². The van der Waals surface area contributed by atoms with Crippen molar-refractivity contribution in [2.24, 2.45) is 4.99 Å². The summed E-state index contributed by atoms with van der Waals surface area (Å²) in [6.45, 7) is 3.87. The number of para-hydroxylation sites is 1. The van der Waals surface area contributed by atoms with E-state index in [9.17, 15) is 13.6 Å². The summed E-state index contributed by atoms with van der Waals surface area (Å²) in [5, 5.41) is 3.07. The van der Waals surface area contributed by atoms with Gasteiger partial charge in [0.25, 0.3) is 5.91 Å². The van der Waals surface area contributed by atoms with Gasteiger partial charge >= 0.3 is 0 Å². The number of amides is 1. The third-order valence-corrected chi connectivity index (χ3v) is 4.48. The molecule has 0 bridgehead atoms. The van der Waals surface area contributed by atoms with Gasteiger partial charge in [-0.25, -0.2) is 13.8 Å². The Morgan fingerprint density at radius 1 is 1.08 bits per heavy atom. The van der Waals surface area contributed by atoms with Crippen molar-refractivity contribution in [3.05, 3.63) is 69.6 Å². The van der Waals surface area contributed by atoms with Crippen molar-refractivity contribution < 1.29 is 13.6 Å².